The van der Waals surface area contributed by atoms with Crippen LogP contribution in [-0.2, 0) is 5.60 Å². The van der Waals surface area contributed by atoms with Gasteiger partial charge in [0.1, 0.15) is 5.60 Å². The Kier molecular flexibility index (Phi) is 5.32. The van der Waals surface area contributed by atoms with Crippen molar-refractivity contribution in [3.05, 3.63) is 54.1 Å². The molecule has 138 valence electrons. The number of aliphatic hydroxyl groups is 1. The van der Waals surface area contributed by atoms with Crippen molar-refractivity contribution in [1.29, 1.82) is 0 Å². The molecule has 1 aliphatic carbocycles. The first-order valence-electron chi connectivity index (χ1n) is 8.62. The second kappa shape index (κ2) is 7.66. The summed E-state index contributed by atoms with van der Waals surface area (Å²) in [4.78, 5) is 12.4. The molecule has 1 fully saturated rings. The van der Waals surface area contributed by atoms with E-state index in [1.165, 1.54) is 14.2 Å². The second-order valence-electron chi connectivity index (χ2n) is 6.41. The van der Waals surface area contributed by atoms with Gasteiger partial charge in [-0.3, -0.25) is 0 Å². The van der Waals surface area contributed by atoms with Crippen molar-refractivity contribution in [2.75, 3.05) is 26.1 Å². The van der Waals surface area contributed by atoms with Crippen molar-refractivity contribution < 1.29 is 19.4 Å². The van der Waals surface area contributed by atoms with E-state index in [2.05, 4.69) is 10.6 Å². The zero-order valence-corrected chi connectivity index (χ0v) is 15.0. The van der Waals surface area contributed by atoms with E-state index < -0.39 is 11.6 Å². The van der Waals surface area contributed by atoms with Crippen LogP contribution in [0.15, 0.2) is 48.5 Å². The van der Waals surface area contributed by atoms with E-state index in [0.717, 1.165) is 18.4 Å². The molecule has 0 bridgehead atoms. The SMILES string of the molecule is COc1cccc(NC(=O)NCC(O)(c2ccccc2)C2CC2)c1OC. The summed E-state index contributed by atoms with van der Waals surface area (Å²) in [6.45, 7) is 0.139. The molecule has 1 saturated carbocycles. The Hall–Kier alpha value is -2.73. The molecule has 1 atom stereocenters. The third-order valence-corrected chi connectivity index (χ3v) is 4.70. The first kappa shape index (κ1) is 18.1. The summed E-state index contributed by atoms with van der Waals surface area (Å²) in [6.07, 6.45) is 1.91. The van der Waals surface area contributed by atoms with Gasteiger partial charge in [-0.05, 0) is 36.5 Å². The van der Waals surface area contributed by atoms with Crippen molar-refractivity contribution >= 4 is 11.7 Å². The fourth-order valence-electron chi connectivity index (χ4n) is 3.14. The summed E-state index contributed by atoms with van der Waals surface area (Å²) in [6, 6.07) is 14.3. The van der Waals surface area contributed by atoms with E-state index in [9.17, 15) is 9.90 Å². The third-order valence-electron chi connectivity index (χ3n) is 4.70. The van der Waals surface area contributed by atoms with Gasteiger partial charge >= 0.3 is 6.03 Å². The van der Waals surface area contributed by atoms with Crippen LogP contribution in [0.4, 0.5) is 10.5 Å². The summed E-state index contributed by atoms with van der Waals surface area (Å²) >= 11 is 0. The zero-order valence-electron chi connectivity index (χ0n) is 15.0. The molecule has 0 spiro atoms. The number of carbonyl (C=O) groups excluding carboxylic acids is 1. The average Bonchev–Trinajstić information content (AvgIpc) is 3.52. The van der Waals surface area contributed by atoms with Crippen LogP contribution in [0.2, 0.25) is 0 Å². The lowest BCUT2D eigenvalue weighted by atomic mass is 9.89. The van der Waals surface area contributed by atoms with E-state index in [0.29, 0.717) is 17.2 Å². The van der Waals surface area contributed by atoms with Crippen molar-refractivity contribution in [3.8, 4) is 11.5 Å². The van der Waals surface area contributed by atoms with Crippen LogP contribution in [0.5, 0.6) is 11.5 Å². The van der Waals surface area contributed by atoms with Gasteiger partial charge in [0.15, 0.2) is 11.5 Å². The predicted molar refractivity (Wildman–Crippen MR) is 99.6 cm³/mol. The number of para-hydroxylation sites is 1. The van der Waals surface area contributed by atoms with E-state index in [-0.39, 0.29) is 12.5 Å². The van der Waals surface area contributed by atoms with E-state index >= 15 is 0 Å². The lowest BCUT2D eigenvalue weighted by Gasteiger charge is -2.29. The van der Waals surface area contributed by atoms with Crippen LogP contribution >= 0.6 is 0 Å². The number of hydrogen-bond acceptors (Lipinski definition) is 4. The lowest BCUT2D eigenvalue weighted by molar-refractivity contribution is 0.0164. The monoisotopic (exact) mass is 356 g/mol. The number of methoxy groups -OCH3 is 2. The molecule has 6 heteroatoms. The predicted octanol–water partition coefficient (Wildman–Crippen LogP) is 3.12. The van der Waals surface area contributed by atoms with Crippen molar-refractivity contribution in [2.45, 2.75) is 18.4 Å². The molecule has 3 N–H and O–H groups in total. The van der Waals surface area contributed by atoms with E-state index in [1.807, 2.05) is 30.3 Å². The van der Waals surface area contributed by atoms with Gasteiger partial charge in [-0.25, -0.2) is 4.79 Å². The quantitative estimate of drug-likeness (QED) is 0.712. The molecule has 1 unspecified atom stereocenters. The highest BCUT2D eigenvalue weighted by Gasteiger charge is 2.45. The van der Waals surface area contributed by atoms with E-state index in [1.54, 1.807) is 18.2 Å². The van der Waals surface area contributed by atoms with Crippen molar-refractivity contribution in [1.82, 2.24) is 5.32 Å². The molecule has 0 aliphatic heterocycles. The number of urea groups is 1. The summed E-state index contributed by atoms with van der Waals surface area (Å²) in [5, 5.41) is 16.7. The summed E-state index contributed by atoms with van der Waals surface area (Å²) in [7, 11) is 3.06. The minimum absolute atomic E-state index is 0.139. The number of benzene rings is 2. The second-order valence-corrected chi connectivity index (χ2v) is 6.41. The van der Waals surface area contributed by atoms with Gasteiger partial charge in [0.05, 0.1) is 26.5 Å². The van der Waals surface area contributed by atoms with Gasteiger partial charge in [0.2, 0.25) is 0 Å². The summed E-state index contributed by atoms with van der Waals surface area (Å²) < 4.78 is 10.5. The fourth-order valence-corrected chi connectivity index (χ4v) is 3.14. The number of rotatable bonds is 7. The number of hydrogen-bond donors (Lipinski definition) is 3. The molecule has 0 radical (unpaired) electrons. The lowest BCUT2D eigenvalue weighted by Crippen LogP contribution is -2.43. The minimum atomic E-state index is -1.06. The number of anilines is 1. The Morgan fingerprint density at radius 3 is 2.46 bits per heavy atom. The summed E-state index contributed by atoms with van der Waals surface area (Å²) in [5.74, 6) is 1.14. The van der Waals surface area contributed by atoms with Crippen molar-refractivity contribution in [2.24, 2.45) is 5.92 Å². The standard InChI is InChI=1S/C20H24N2O4/c1-25-17-10-6-9-16(18(17)26-2)22-19(23)21-13-20(24,15-11-12-15)14-7-4-3-5-8-14/h3-10,15,24H,11-13H2,1-2H3,(H2,21,22,23). The van der Waals surface area contributed by atoms with Gasteiger partial charge in [-0.1, -0.05) is 36.4 Å². The van der Waals surface area contributed by atoms with Crippen LogP contribution < -0.4 is 20.1 Å². The number of nitrogens with one attached hydrogen (secondary N) is 2. The number of ether oxygens (including phenoxy) is 2. The first-order valence-corrected chi connectivity index (χ1v) is 8.62. The smallest absolute Gasteiger partial charge is 0.319 e. The molecule has 0 heterocycles. The molecule has 0 saturated heterocycles. The van der Waals surface area contributed by atoms with Crippen LogP contribution in [0.3, 0.4) is 0 Å². The third kappa shape index (κ3) is 3.75. The maximum atomic E-state index is 12.4. The molecular weight excluding hydrogens is 332 g/mol. The van der Waals surface area contributed by atoms with Gasteiger partial charge < -0.3 is 25.2 Å². The van der Waals surface area contributed by atoms with Gasteiger partial charge in [0, 0.05) is 0 Å². The molecular formula is C20H24N2O4. The van der Waals surface area contributed by atoms with Gasteiger partial charge in [-0.15, -0.1) is 0 Å². The molecule has 3 rings (SSSR count). The van der Waals surface area contributed by atoms with Gasteiger partial charge in [-0.2, -0.15) is 0 Å². The highest BCUT2D eigenvalue weighted by atomic mass is 16.5. The Balaban J connectivity index is 1.69. The Labute approximate surface area is 153 Å². The minimum Gasteiger partial charge on any atom is -0.493 e. The highest BCUT2D eigenvalue weighted by molar-refractivity contribution is 5.91. The molecule has 1 aliphatic rings. The Morgan fingerprint density at radius 1 is 1.12 bits per heavy atom. The van der Waals surface area contributed by atoms with Crippen LogP contribution in [0.1, 0.15) is 18.4 Å². The Morgan fingerprint density at radius 2 is 1.85 bits per heavy atom. The topological polar surface area (TPSA) is 79.8 Å². The van der Waals surface area contributed by atoms with Gasteiger partial charge in [0.25, 0.3) is 0 Å². The molecule has 2 amide bonds. The number of carbonyl (C=O) groups is 1. The van der Waals surface area contributed by atoms with Crippen LogP contribution in [0.25, 0.3) is 0 Å². The van der Waals surface area contributed by atoms with Crippen molar-refractivity contribution in [3.63, 3.8) is 0 Å². The maximum absolute atomic E-state index is 12.4. The first-order chi connectivity index (χ1) is 12.6. The zero-order chi connectivity index (χ0) is 18.6. The average molecular weight is 356 g/mol. The summed E-state index contributed by atoms with van der Waals surface area (Å²) in [5.41, 5.74) is 0.262. The molecule has 2 aromatic rings. The molecule has 6 nitrogen and oxygen atoms in total. The number of amides is 2. The van der Waals surface area contributed by atoms with E-state index in [4.69, 9.17) is 9.47 Å². The van der Waals surface area contributed by atoms with Crippen LogP contribution in [0, 0.1) is 5.92 Å². The normalized spacial score (nSPS) is 15.7. The molecule has 0 aromatic heterocycles. The maximum Gasteiger partial charge on any atom is 0.319 e. The van der Waals surface area contributed by atoms with Crippen LogP contribution in [-0.4, -0.2) is 31.9 Å². The highest BCUT2D eigenvalue weighted by Crippen LogP contribution is 2.45. The Bertz CT molecular complexity index is 762. The fraction of sp³-hybridized carbons (Fsp3) is 0.350. The molecule has 2 aromatic carbocycles. The largest absolute Gasteiger partial charge is 0.493 e. The molecule has 26 heavy (non-hydrogen) atoms.